The van der Waals surface area contributed by atoms with E-state index in [4.69, 9.17) is 18.5 Å². The van der Waals surface area contributed by atoms with Gasteiger partial charge in [0.15, 0.2) is 0 Å². The van der Waals surface area contributed by atoms with Crippen molar-refractivity contribution in [2.24, 2.45) is 0 Å². The third-order valence-corrected chi connectivity index (χ3v) is 11.9. The van der Waals surface area contributed by atoms with Crippen molar-refractivity contribution in [3.05, 3.63) is 0 Å². The third kappa shape index (κ3) is 48.7. The van der Waals surface area contributed by atoms with E-state index in [0.29, 0.717) is 23.9 Å². The maximum absolute atomic E-state index is 12.6. The van der Waals surface area contributed by atoms with Crippen molar-refractivity contribution in [2.45, 2.75) is 238 Å². The monoisotopic (exact) mass is 914 g/mol. The molecule has 0 aliphatic heterocycles. The standard InChI is InChI=1S/C54H92NO8P/c1-6-8-10-12-14-16-18-20-22-24-26-28-30-32-34-36-38-40-42-44-46-53(56)60-50-52(63-64(58,59)62-49-48-55(3,4)5)51-61-54(57)47-45-43-41-39-37-35-33-31-29-27-25-23-21-19-17-15-13-11-9-7-2/h52H,6-23,32-51H2,1-5H3. The number of likely N-dealkylation sites (N-methyl/N-ethyl adjacent to an activating group) is 1. The van der Waals surface area contributed by atoms with Crippen LogP contribution in [0.2, 0.25) is 0 Å². The normalized spacial score (nSPS) is 11.9. The number of carbonyl (C=O) groups is 2. The Hall–Kier alpha value is -2.75. The largest absolute Gasteiger partial charge is 0.756 e. The average molecular weight is 914 g/mol. The number of phosphoric ester groups is 1. The van der Waals surface area contributed by atoms with Gasteiger partial charge in [0.05, 0.1) is 21.1 Å². The first-order chi connectivity index (χ1) is 31.0. The van der Waals surface area contributed by atoms with Crippen LogP contribution in [0.3, 0.4) is 0 Å². The van der Waals surface area contributed by atoms with Crippen molar-refractivity contribution in [1.29, 1.82) is 0 Å². The Bertz CT molecular complexity index is 1360. The van der Waals surface area contributed by atoms with Gasteiger partial charge in [0.25, 0.3) is 7.82 Å². The van der Waals surface area contributed by atoms with E-state index in [9.17, 15) is 19.0 Å². The van der Waals surface area contributed by atoms with Crippen LogP contribution in [0, 0.1) is 47.4 Å². The number of phosphoric acid groups is 1. The summed E-state index contributed by atoms with van der Waals surface area (Å²) in [6, 6.07) is 0. The molecule has 10 heteroatoms. The van der Waals surface area contributed by atoms with Crippen LogP contribution < -0.4 is 4.89 Å². The molecule has 366 valence electrons. The second kappa shape index (κ2) is 45.4. The average Bonchev–Trinajstić information content (AvgIpc) is 3.25. The molecule has 0 bridgehead atoms. The first-order valence-electron chi connectivity index (χ1n) is 25.7. The fourth-order valence-electron chi connectivity index (χ4n) is 6.77. The summed E-state index contributed by atoms with van der Waals surface area (Å²) in [5, 5.41) is 0. The first kappa shape index (κ1) is 61.2. The van der Waals surface area contributed by atoms with Crippen molar-refractivity contribution in [3.63, 3.8) is 0 Å². The molecule has 0 fully saturated rings. The lowest BCUT2D eigenvalue weighted by atomic mass is 10.1. The highest BCUT2D eigenvalue weighted by atomic mass is 31.2. The molecule has 1 unspecified atom stereocenters. The van der Waals surface area contributed by atoms with Crippen LogP contribution in [-0.4, -0.2) is 70.0 Å². The highest BCUT2D eigenvalue weighted by molar-refractivity contribution is 7.45. The van der Waals surface area contributed by atoms with Crippen LogP contribution in [0.25, 0.3) is 0 Å². The Balaban J connectivity index is 4.30. The molecule has 0 rings (SSSR count). The molecule has 0 aliphatic carbocycles. The van der Waals surface area contributed by atoms with Crippen molar-refractivity contribution in [1.82, 2.24) is 0 Å². The van der Waals surface area contributed by atoms with E-state index in [2.05, 4.69) is 61.2 Å². The van der Waals surface area contributed by atoms with Gasteiger partial charge >= 0.3 is 11.9 Å². The Morgan fingerprint density at radius 2 is 0.781 bits per heavy atom. The second-order valence-electron chi connectivity index (χ2n) is 18.3. The minimum Gasteiger partial charge on any atom is -0.756 e. The Morgan fingerprint density at radius 3 is 1.09 bits per heavy atom. The second-order valence-corrected chi connectivity index (χ2v) is 19.7. The van der Waals surface area contributed by atoms with Gasteiger partial charge in [-0.25, -0.2) is 0 Å². The molecular weight excluding hydrogens is 822 g/mol. The van der Waals surface area contributed by atoms with E-state index in [0.717, 1.165) is 89.9 Å². The SMILES string of the molecule is CCCCCCCCCCC#CC#CCCCCCCCCC(=O)OCC(COC(=O)CCCCCCCCC#CC#CCCCCCCCCCC)OP(=O)([O-])OCC[N+](C)(C)C. The number of unbranched alkanes of at least 4 members (excludes halogenated alkanes) is 28. The van der Waals surface area contributed by atoms with Crippen LogP contribution in [0.4, 0.5) is 0 Å². The topological polar surface area (TPSA) is 111 Å². The number of hydrogen-bond acceptors (Lipinski definition) is 8. The molecule has 0 amide bonds. The van der Waals surface area contributed by atoms with Crippen LogP contribution in [0.1, 0.15) is 232 Å². The van der Waals surface area contributed by atoms with Crippen LogP contribution in [0.5, 0.6) is 0 Å². The molecule has 0 saturated carbocycles. The van der Waals surface area contributed by atoms with Gasteiger partial charge in [-0.2, -0.15) is 0 Å². The smallest absolute Gasteiger partial charge is 0.305 e. The van der Waals surface area contributed by atoms with Gasteiger partial charge in [-0.15, -0.1) is 0 Å². The van der Waals surface area contributed by atoms with Crippen molar-refractivity contribution < 1.29 is 42.1 Å². The first-order valence-corrected chi connectivity index (χ1v) is 27.1. The minimum atomic E-state index is -4.74. The molecule has 0 spiro atoms. The zero-order chi connectivity index (χ0) is 47.1. The van der Waals surface area contributed by atoms with Gasteiger partial charge in [-0.05, 0) is 62.2 Å². The maximum atomic E-state index is 12.6. The molecule has 0 heterocycles. The maximum Gasteiger partial charge on any atom is 0.305 e. The van der Waals surface area contributed by atoms with E-state index in [-0.39, 0.29) is 32.7 Å². The van der Waals surface area contributed by atoms with E-state index in [1.165, 1.54) is 103 Å². The summed E-state index contributed by atoms with van der Waals surface area (Å²) in [5.74, 6) is 23.7. The molecule has 0 radical (unpaired) electrons. The highest BCUT2D eigenvalue weighted by Gasteiger charge is 2.23. The van der Waals surface area contributed by atoms with Crippen LogP contribution >= 0.6 is 7.82 Å². The summed E-state index contributed by atoms with van der Waals surface area (Å²) in [7, 11) is 1.01. The van der Waals surface area contributed by atoms with Gasteiger partial charge in [-0.3, -0.25) is 14.2 Å². The lowest BCUT2D eigenvalue weighted by Gasteiger charge is -2.29. The zero-order valence-corrected chi connectivity index (χ0v) is 42.5. The van der Waals surface area contributed by atoms with E-state index in [1.54, 1.807) is 0 Å². The van der Waals surface area contributed by atoms with Crippen molar-refractivity contribution in [2.75, 3.05) is 47.5 Å². The van der Waals surface area contributed by atoms with Gasteiger partial charge in [0.1, 0.15) is 32.5 Å². The zero-order valence-electron chi connectivity index (χ0n) is 41.6. The van der Waals surface area contributed by atoms with Crippen LogP contribution in [0.15, 0.2) is 0 Å². The number of nitrogens with zero attached hydrogens (tertiary/aromatic N) is 1. The number of ether oxygens (including phenoxy) is 2. The Kier molecular flexibility index (Phi) is 43.5. The summed E-state index contributed by atoms with van der Waals surface area (Å²) in [6.45, 7) is 4.15. The molecule has 0 saturated heterocycles. The number of carbonyl (C=O) groups excluding carboxylic acids is 2. The molecule has 0 aliphatic rings. The molecule has 0 aromatic heterocycles. The number of esters is 2. The lowest BCUT2D eigenvalue weighted by Crippen LogP contribution is -2.38. The summed E-state index contributed by atoms with van der Waals surface area (Å²) in [5.41, 5.74) is 0. The van der Waals surface area contributed by atoms with Crippen LogP contribution in [-0.2, 0) is 32.7 Å². The third-order valence-electron chi connectivity index (χ3n) is 10.8. The van der Waals surface area contributed by atoms with Gasteiger partial charge in [0.2, 0.25) is 0 Å². The Morgan fingerprint density at radius 1 is 0.484 bits per heavy atom. The van der Waals surface area contributed by atoms with E-state index < -0.39 is 25.9 Å². The fraction of sp³-hybridized carbons (Fsp3) is 0.815. The van der Waals surface area contributed by atoms with E-state index >= 15 is 0 Å². The summed E-state index contributed by atoms with van der Waals surface area (Å²) in [6.07, 6.45) is 35.3. The van der Waals surface area contributed by atoms with Gasteiger partial charge < -0.3 is 27.9 Å². The number of hydrogen-bond donors (Lipinski definition) is 0. The molecule has 0 N–H and O–H groups in total. The van der Waals surface area contributed by atoms with Gasteiger partial charge in [0, 0.05) is 38.5 Å². The molecular formula is C54H92NO8P. The predicted octanol–water partition coefficient (Wildman–Crippen LogP) is 13.0. The number of quaternary nitrogens is 1. The molecule has 64 heavy (non-hydrogen) atoms. The molecule has 0 aromatic carbocycles. The Labute approximate surface area is 393 Å². The predicted molar refractivity (Wildman–Crippen MR) is 263 cm³/mol. The summed E-state index contributed by atoms with van der Waals surface area (Å²) < 4.78 is 34.2. The minimum absolute atomic E-state index is 0.0698. The quantitative estimate of drug-likeness (QED) is 0.0196. The lowest BCUT2D eigenvalue weighted by molar-refractivity contribution is -0.870. The van der Waals surface area contributed by atoms with Crippen molar-refractivity contribution >= 4 is 19.8 Å². The van der Waals surface area contributed by atoms with Gasteiger partial charge in [-0.1, -0.05) is 179 Å². The molecule has 9 nitrogen and oxygen atoms in total. The van der Waals surface area contributed by atoms with E-state index in [1.807, 2.05) is 21.1 Å². The summed E-state index contributed by atoms with van der Waals surface area (Å²) in [4.78, 5) is 37.7. The van der Waals surface area contributed by atoms with Crippen molar-refractivity contribution in [3.8, 4) is 47.4 Å². The highest BCUT2D eigenvalue weighted by Crippen LogP contribution is 2.40. The fourth-order valence-corrected chi connectivity index (χ4v) is 7.62. The summed E-state index contributed by atoms with van der Waals surface area (Å²) >= 11 is 0. The molecule has 1 atom stereocenters. The molecule has 0 aromatic rings. The number of rotatable bonds is 42.